The maximum absolute atomic E-state index is 3.75. The lowest BCUT2D eigenvalue weighted by molar-refractivity contribution is 1.04. The van der Waals surface area contributed by atoms with Crippen molar-refractivity contribution in [1.29, 1.82) is 0 Å². The fourth-order valence-corrected chi connectivity index (χ4v) is 0.673. The van der Waals surface area contributed by atoms with Gasteiger partial charge in [-0.25, -0.2) is 0 Å². The Hall–Kier alpha value is -0.520. The lowest BCUT2D eigenvalue weighted by Crippen LogP contribution is -1.62. The Labute approximate surface area is 64.6 Å². The van der Waals surface area contributed by atoms with Crippen LogP contribution in [0.4, 0.5) is 0 Å². The monoisotopic (exact) mass is 137 g/mol. The summed E-state index contributed by atoms with van der Waals surface area (Å²) in [6.45, 7) is 5.90. The molecule has 0 bridgehead atoms. The van der Waals surface area contributed by atoms with Gasteiger partial charge in [0.05, 0.1) is 0 Å². The summed E-state index contributed by atoms with van der Waals surface area (Å²) < 4.78 is 0. The van der Waals surface area contributed by atoms with Crippen LogP contribution in [0.15, 0.2) is 24.3 Å². The maximum atomic E-state index is 3.75. The standard InChI is InChI=1S/C10H17/c1-3-5-7-9-10-8-6-4-2/h6-9H,1,3-5,10H2,2H3. The molecule has 0 aliphatic heterocycles. The minimum atomic E-state index is 1.01. The van der Waals surface area contributed by atoms with Gasteiger partial charge >= 0.3 is 0 Å². The van der Waals surface area contributed by atoms with Gasteiger partial charge in [-0.3, -0.25) is 0 Å². The molecule has 0 atom stereocenters. The topological polar surface area (TPSA) is 0 Å². The molecule has 0 nitrogen and oxygen atoms in total. The molecule has 0 N–H and O–H groups in total. The Morgan fingerprint density at radius 1 is 1.10 bits per heavy atom. The maximum Gasteiger partial charge on any atom is -0.0169 e. The summed E-state index contributed by atoms with van der Waals surface area (Å²) in [5.41, 5.74) is 0. The molecule has 0 rings (SSSR count). The van der Waals surface area contributed by atoms with Crippen molar-refractivity contribution < 1.29 is 0 Å². The third kappa shape index (κ3) is 7.48. The minimum absolute atomic E-state index is 1.01. The second-order valence-electron chi connectivity index (χ2n) is 2.23. The van der Waals surface area contributed by atoms with E-state index in [2.05, 4.69) is 38.2 Å². The van der Waals surface area contributed by atoms with Crippen LogP contribution in [-0.2, 0) is 0 Å². The Kier molecular flexibility index (Phi) is 8.04. The van der Waals surface area contributed by atoms with Crippen LogP contribution < -0.4 is 0 Å². The van der Waals surface area contributed by atoms with Crippen LogP contribution in [0.1, 0.15) is 32.6 Å². The number of allylic oxidation sites excluding steroid dienone is 4. The first-order valence-electron chi connectivity index (χ1n) is 4.01. The van der Waals surface area contributed by atoms with Gasteiger partial charge in [-0.1, -0.05) is 38.2 Å². The second-order valence-corrected chi connectivity index (χ2v) is 2.23. The highest BCUT2D eigenvalue weighted by molar-refractivity contribution is 4.92. The average molecular weight is 137 g/mol. The molecule has 0 aliphatic rings. The smallest absolute Gasteiger partial charge is 0.0169 e. The number of rotatable bonds is 5. The summed E-state index contributed by atoms with van der Waals surface area (Å²) in [5, 5.41) is 0. The second kappa shape index (κ2) is 8.48. The van der Waals surface area contributed by atoms with Gasteiger partial charge in [-0.15, -0.1) is 0 Å². The van der Waals surface area contributed by atoms with Gasteiger partial charge in [0.25, 0.3) is 0 Å². The zero-order valence-electron chi connectivity index (χ0n) is 6.84. The minimum Gasteiger partial charge on any atom is -0.0885 e. The first-order chi connectivity index (χ1) is 4.91. The van der Waals surface area contributed by atoms with E-state index in [1.807, 2.05) is 0 Å². The Balaban J connectivity index is 3.09. The predicted molar refractivity (Wildman–Crippen MR) is 47.8 cm³/mol. The van der Waals surface area contributed by atoms with E-state index in [9.17, 15) is 0 Å². The molecule has 0 aromatic heterocycles. The van der Waals surface area contributed by atoms with Gasteiger partial charge in [-0.2, -0.15) is 0 Å². The summed E-state index contributed by atoms with van der Waals surface area (Å²) in [6, 6.07) is 0. The molecule has 0 aliphatic carbocycles. The highest BCUT2D eigenvalue weighted by atomic mass is 13.8. The van der Waals surface area contributed by atoms with Gasteiger partial charge in [0, 0.05) is 0 Å². The molecule has 0 heterocycles. The third-order valence-electron chi connectivity index (χ3n) is 1.21. The van der Waals surface area contributed by atoms with E-state index in [0.717, 1.165) is 25.7 Å². The summed E-state index contributed by atoms with van der Waals surface area (Å²) in [4.78, 5) is 0. The summed E-state index contributed by atoms with van der Waals surface area (Å²) in [6.07, 6.45) is 13.1. The lowest BCUT2D eigenvalue weighted by atomic mass is 10.2. The molecule has 0 saturated carbocycles. The summed E-state index contributed by atoms with van der Waals surface area (Å²) in [5.74, 6) is 0. The zero-order valence-corrected chi connectivity index (χ0v) is 6.84. The van der Waals surface area contributed by atoms with Crippen LogP contribution in [0.3, 0.4) is 0 Å². The van der Waals surface area contributed by atoms with Gasteiger partial charge in [0.1, 0.15) is 0 Å². The van der Waals surface area contributed by atoms with Crippen molar-refractivity contribution in [3.8, 4) is 0 Å². The van der Waals surface area contributed by atoms with Gasteiger partial charge < -0.3 is 0 Å². The van der Waals surface area contributed by atoms with Crippen molar-refractivity contribution in [2.24, 2.45) is 0 Å². The molecule has 0 aromatic rings. The van der Waals surface area contributed by atoms with Crippen molar-refractivity contribution in [3.63, 3.8) is 0 Å². The van der Waals surface area contributed by atoms with Crippen molar-refractivity contribution >= 4 is 0 Å². The molecule has 0 spiro atoms. The largest absolute Gasteiger partial charge is 0.0885 e. The highest BCUT2D eigenvalue weighted by Gasteiger charge is 1.71. The zero-order chi connectivity index (χ0) is 7.66. The Morgan fingerprint density at radius 2 is 1.80 bits per heavy atom. The van der Waals surface area contributed by atoms with Crippen LogP contribution in [-0.4, -0.2) is 0 Å². The molecule has 0 heteroatoms. The summed E-state index contributed by atoms with van der Waals surface area (Å²) >= 11 is 0. The summed E-state index contributed by atoms with van der Waals surface area (Å²) in [7, 11) is 0. The van der Waals surface area contributed by atoms with Gasteiger partial charge in [0.2, 0.25) is 0 Å². The van der Waals surface area contributed by atoms with Gasteiger partial charge in [-0.05, 0) is 25.7 Å². The molecule has 1 radical (unpaired) electrons. The molecule has 57 valence electrons. The van der Waals surface area contributed by atoms with Crippen LogP contribution in [0, 0.1) is 6.92 Å². The lowest BCUT2D eigenvalue weighted by Gasteiger charge is -1.82. The number of hydrogen-bond acceptors (Lipinski definition) is 0. The van der Waals surface area contributed by atoms with E-state index in [1.54, 1.807) is 0 Å². The van der Waals surface area contributed by atoms with Crippen LogP contribution in [0.2, 0.25) is 0 Å². The van der Waals surface area contributed by atoms with E-state index in [4.69, 9.17) is 0 Å². The van der Waals surface area contributed by atoms with E-state index >= 15 is 0 Å². The average Bonchev–Trinajstić information content (AvgIpc) is 1.97. The van der Waals surface area contributed by atoms with Crippen LogP contribution in [0.25, 0.3) is 0 Å². The third-order valence-corrected chi connectivity index (χ3v) is 1.21. The van der Waals surface area contributed by atoms with Crippen molar-refractivity contribution in [1.82, 2.24) is 0 Å². The molecule has 0 unspecified atom stereocenters. The molecule has 0 amide bonds. The fraction of sp³-hybridized carbons (Fsp3) is 0.500. The molecule has 0 aromatic carbocycles. The molecule has 10 heavy (non-hydrogen) atoms. The van der Waals surface area contributed by atoms with Crippen LogP contribution >= 0.6 is 0 Å². The molecule has 0 saturated heterocycles. The van der Waals surface area contributed by atoms with E-state index in [-0.39, 0.29) is 0 Å². The van der Waals surface area contributed by atoms with Crippen molar-refractivity contribution in [2.75, 3.05) is 0 Å². The number of unbranched alkanes of at least 4 members (excludes halogenated alkanes) is 1. The van der Waals surface area contributed by atoms with E-state index in [1.165, 1.54) is 0 Å². The van der Waals surface area contributed by atoms with E-state index in [0.29, 0.717) is 0 Å². The van der Waals surface area contributed by atoms with Crippen LogP contribution in [0.5, 0.6) is 0 Å². The molecular formula is C10H17. The normalized spacial score (nSPS) is 11.8. The first kappa shape index (κ1) is 9.48. The molecular weight excluding hydrogens is 120 g/mol. The highest BCUT2D eigenvalue weighted by Crippen LogP contribution is 1.92. The van der Waals surface area contributed by atoms with E-state index < -0.39 is 0 Å². The fourth-order valence-electron chi connectivity index (χ4n) is 0.673. The quantitative estimate of drug-likeness (QED) is 0.509. The predicted octanol–water partition coefficient (Wildman–Crippen LogP) is 3.51. The molecule has 0 fully saturated rings. The van der Waals surface area contributed by atoms with Crippen molar-refractivity contribution in [2.45, 2.75) is 32.6 Å². The van der Waals surface area contributed by atoms with Gasteiger partial charge in [0.15, 0.2) is 0 Å². The Bertz CT molecular complexity index is 98.6. The first-order valence-corrected chi connectivity index (χ1v) is 4.01. The number of hydrogen-bond donors (Lipinski definition) is 0. The SMILES string of the molecule is [CH2]CCC=CCC=CCC. The Morgan fingerprint density at radius 3 is 2.40 bits per heavy atom. The van der Waals surface area contributed by atoms with Crippen molar-refractivity contribution in [3.05, 3.63) is 31.2 Å².